The number of carbonyl (C=O) groups excluding carboxylic acids is 6. The number of nitrogens with zero attached hydrogens (tertiary/aromatic N) is 6. The highest BCUT2D eigenvalue weighted by molar-refractivity contribution is 6.01. The molecule has 0 bridgehead atoms. The second kappa shape index (κ2) is 43.0. The van der Waals surface area contributed by atoms with Crippen LogP contribution in [-0.2, 0) is 19.2 Å². The quantitative estimate of drug-likeness (QED) is 0.0378. The highest BCUT2D eigenvalue weighted by atomic mass is 16.5. The predicted molar refractivity (Wildman–Crippen MR) is 493 cm³/mol. The van der Waals surface area contributed by atoms with Gasteiger partial charge in [0.25, 0.3) is 0 Å². The smallest absolute Gasteiger partial charge is 0.248 e. The molecule has 6 saturated carbocycles. The summed E-state index contributed by atoms with van der Waals surface area (Å²) < 4.78 is 50.1. The van der Waals surface area contributed by atoms with Crippen molar-refractivity contribution in [2.75, 3.05) is 52.4 Å². The number of hydrogen-bond acceptors (Lipinski definition) is 14. The zero-order valence-electron chi connectivity index (χ0n) is 73.8. The van der Waals surface area contributed by atoms with E-state index in [-0.39, 0.29) is 90.0 Å². The SMILES string of the molecule is CC(C)Oc1ccc([C@@H]2CC(=O)N(c3cccc(C(N)=O)c3)C2)cc1OC1CCCC1.CCOc1ccc([C@@H]2CC(=O)N(c3cccc(C(N)=O)c3)C2)cc1OC1CCCC1.[C-]#[N+]c1cccc(N2C[C@H](c3ccc(OC4CCCC4)c(OC4CCCC4)c3)CC2=O)c1.[C-]#[N+]c1cccc(N2C[C@H](c3ccc(OC4CCCCCC4)c(OC4CCCC4)c3)CC2=O)c1. The Labute approximate surface area is 747 Å². The van der Waals surface area contributed by atoms with Crippen molar-refractivity contribution in [3.8, 4) is 46.0 Å². The molecule has 22 heteroatoms. The normalized spacial score (nSPS) is 20.6. The molecule has 10 fully saturated rings. The largest absolute Gasteiger partial charge is 0.490 e. The van der Waals surface area contributed by atoms with Gasteiger partial charge in [-0.3, -0.25) is 28.8 Å². The molecule has 4 atom stereocenters. The first kappa shape index (κ1) is 89.8. The molecule has 6 amide bonds. The van der Waals surface area contributed by atoms with Crippen molar-refractivity contribution in [3.63, 3.8) is 0 Å². The standard InChI is InChI=1S/C29H34N2O3.C27H30N2O3.C25H30N2O4.C24H28N2O4/c1-30-23-9-8-10-24(19-23)31-20-22(18-29(31)32)21-15-16-27(33-25-11-4-2-3-5-12-25)28(17-21)34-26-13-6-7-14-26;1-28-21-7-6-8-22(17-21)29-18-20(16-27(29)30)19-13-14-25(31-23-9-2-3-10-23)26(15-19)32-24-11-4-5-12-24;1-16(2)30-22-11-10-17(13-23(22)31-21-8-3-4-9-21)19-14-24(28)27(15-19)20-7-5-6-18(12-20)25(26)29;1-2-29-21-11-10-16(13-22(21)30-20-8-3-4-9-20)18-14-23(27)26(15-18)19-7-5-6-17(12-19)24(25)28/h8-10,15-17,19,22,25-26H,2-7,11-14,18,20H2;6-8,13-15,17,20,23-24H,2-5,9-12,16,18H2;5-7,10-13,16,19,21H,3-4,8-9,14-15H2,1-2H3,(H2,26,29);5-7,10-13,18,20H,2-4,8-9,14-15H2,1H3,(H2,25,28)/t22-;20-;19-;18-/m1111/s1. The lowest BCUT2D eigenvalue weighted by Gasteiger charge is -2.23. The van der Waals surface area contributed by atoms with Gasteiger partial charge in [0.15, 0.2) is 57.4 Å². The molecule has 22 nitrogen and oxygen atoms in total. The summed E-state index contributed by atoms with van der Waals surface area (Å²) >= 11 is 0. The Balaban J connectivity index is 0.000000131. The predicted octanol–water partition coefficient (Wildman–Crippen LogP) is 22.0. The van der Waals surface area contributed by atoms with Crippen LogP contribution in [0.3, 0.4) is 0 Å². The Bertz CT molecular complexity index is 5250. The summed E-state index contributed by atoms with van der Waals surface area (Å²) in [6, 6.07) is 53.1. The summed E-state index contributed by atoms with van der Waals surface area (Å²) in [5.41, 5.74) is 20.1. The number of benzene rings is 8. The van der Waals surface area contributed by atoms with Crippen LogP contribution in [0.15, 0.2) is 170 Å². The fourth-order valence-electron chi connectivity index (χ4n) is 19.6. The third kappa shape index (κ3) is 23.4. The fourth-order valence-corrected chi connectivity index (χ4v) is 19.6. The lowest BCUT2D eigenvalue weighted by atomic mass is 9.97. The van der Waals surface area contributed by atoms with Crippen LogP contribution in [0.4, 0.5) is 34.1 Å². The van der Waals surface area contributed by atoms with Crippen molar-refractivity contribution in [2.24, 2.45) is 11.5 Å². The average molecular weight is 1720 g/mol. The second-order valence-electron chi connectivity index (χ2n) is 36.0. The summed E-state index contributed by atoms with van der Waals surface area (Å²) in [5, 5.41) is 0. The number of anilines is 4. The zero-order chi connectivity index (χ0) is 88.3. The Kier molecular flexibility index (Phi) is 30.4. The van der Waals surface area contributed by atoms with Crippen LogP contribution in [0.25, 0.3) is 9.69 Å². The van der Waals surface area contributed by atoms with Crippen molar-refractivity contribution < 1.29 is 66.7 Å². The van der Waals surface area contributed by atoms with Crippen molar-refractivity contribution in [3.05, 3.63) is 226 Å². The summed E-state index contributed by atoms with van der Waals surface area (Å²) in [5.74, 6) is 5.98. The van der Waals surface area contributed by atoms with Crippen LogP contribution in [0.1, 0.15) is 280 Å². The molecule has 4 aliphatic heterocycles. The van der Waals surface area contributed by atoms with E-state index in [1.54, 1.807) is 75.4 Å². The van der Waals surface area contributed by atoms with Crippen molar-refractivity contribution >= 4 is 69.6 Å². The summed E-state index contributed by atoms with van der Waals surface area (Å²) in [6.45, 7) is 23.4. The minimum atomic E-state index is -0.500. The van der Waals surface area contributed by atoms with Gasteiger partial charge in [-0.25, -0.2) is 9.69 Å². The van der Waals surface area contributed by atoms with Gasteiger partial charge in [0.1, 0.15) is 0 Å². The maximum atomic E-state index is 12.9. The highest BCUT2D eigenvalue weighted by Crippen LogP contribution is 2.46. The fraction of sp³-hybridized carbons (Fsp3) is 0.467. The lowest BCUT2D eigenvalue weighted by molar-refractivity contribution is -0.118. The third-order valence-electron chi connectivity index (χ3n) is 26.4. The molecule has 0 spiro atoms. The number of rotatable bonds is 26. The number of hydrogen-bond donors (Lipinski definition) is 2. The van der Waals surface area contributed by atoms with Gasteiger partial charge < -0.3 is 69.0 Å². The molecule has 10 aliphatic rings. The van der Waals surface area contributed by atoms with E-state index in [0.717, 1.165) is 157 Å². The molecule has 4 saturated heterocycles. The van der Waals surface area contributed by atoms with Crippen LogP contribution in [0, 0.1) is 13.1 Å². The van der Waals surface area contributed by atoms with Gasteiger partial charge in [-0.1, -0.05) is 73.5 Å². The van der Waals surface area contributed by atoms with Gasteiger partial charge in [0.05, 0.1) is 62.5 Å². The van der Waals surface area contributed by atoms with Crippen LogP contribution in [0.5, 0.6) is 46.0 Å². The van der Waals surface area contributed by atoms with E-state index in [4.69, 9.17) is 62.5 Å². The minimum Gasteiger partial charge on any atom is -0.490 e. The maximum absolute atomic E-state index is 12.9. The maximum Gasteiger partial charge on any atom is 0.248 e. The molecular weight excluding hydrogens is 1600 g/mol. The van der Waals surface area contributed by atoms with E-state index >= 15 is 0 Å². The third-order valence-corrected chi connectivity index (χ3v) is 26.4. The molecule has 4 heterocycles. The van der Waals surface area contributed by atoms with Crippen LogP contribution in [-0.4, -0.2) is 111 Å². The van der Waals surface area contributed by atoms with Gasteiger partial charge in [0.2, 0.25) is 35.4 Å². The van der Waals surface area contributed by atoms with E-state index in [0.29, 0.717) is 92.3 Å². The van der Waals surface area contributed by atoms with Crippen LogP contribution in [0.2, 0.25) is 0 Å². The first-order chi connectivity index (χ1) is 61.8. The molecule has 0 aromatic heterocycles. The van der Waals surface area contributed by atoms with E-state index in [1.807, 2.05) is 105 Å². The first-order valence-electron chi connectivity index (χ1n) is 46.7. The number of nitrogens with two attached hydrogens (primary N) is 2. The molecule has 8 aromatic rings. The molecule has 8 aromatic carbocycles. The van der Waals surface area contributed by atoms with Gasteiger partial charge in [0, 0.05) is 109 Å². The highest BCUT2D eigenvalue weighted by Gasteiger charge is 2.39. The molecule has 127 heavy (non-hydrogen) atoms. The topological polar surface area (TPSA) is 250 Å². The average Bonchev–Trinajstić information content (AvgIpc) is 1.67. The van der Waals surface area contributed by atoms with E-state index in [1.165, 1.54) is 89.9 Å². The van der Waals surface area contributed by atoms with Crippen LogP contribution < -0.4 is 69.0 Å². The summed E-state index contributed by atoms with van der Waals surface area (Å²) in [7, 11) is 0. The summed E-state index contributed by atoms with van der Waals surface area (Å²) in [4.78, 5) is 88.3. The van der Waals surface area contributed by atoms with Crippen molar-refractivity contribution in [1.29, 1.82) is 0 Å². The summed E-state index contributed by atoms with van der Waals surface area (Å²) in [6.07, 6.45) is 33.6. The molecule has 0 radical (unpaired) electrons. The van der Waals surface area contributed by atoms with Gasteiger partial charge in [-0.05, 0) is 306 Å². The number of primary amides is 2. The molecule has 666 valence electrons. The Morgan fingerprint density at radius 1 is 0.339 bits per heavy atom. The molecule has 0 unspecified atom stereocenters. The molecule has 6 aliphatic carbocycles. The lowest BCUT2D eigenvalue weighted by Crippen LogP contribution is -2.24. The van der Waals surface area contributed by atoms with Crippen LogP contribution >= 0.6 is 0 Å². The number of ether oxygens (including phenoxy) is 8. The number of carbonyl (C=O) groups is 6. The minimum absolute atomic E-state index is 0.0346. The second-order valence-corrected chi connectivity index (χ2v) is 36.0. The monoisotopic (exact) mass is 1720 g/mol. The Morgan fingerprint density at radius 3 is 0.890 bits per heavy atom. The Hall–Kier alpha value is -12.0. The van der Waals surface area contributed by atoms with Gasteiger partial charge >= 0.3 is 0 Å². The molecule has 4 N–H and O–H groups in total. The van der Waals surface area contributed by atoms with E-state index < -0.39 is 11.8 Å². The van der Waals surface area contributed by atoms with Crippen molar-refractivity contribution in [1.82, 2.24) is 0 Å². The van der Waals surface area contributed by atoms with Gasteiger partial charge in [-0.2, -0.15) is 0 Å². The van der Waals surface area contributed by atoms with E-state index in [2.05, 4.69) is 40.0 Å². The molecular formula is C105H122N8O14. The van der Waals surface area contributed by atoms with E-state index in [9.17, 15) is 28.8 Å². The first-order valence-corrected chi connectivity index (χ1v) is 46.7. The molecule has 18 rings (SSSR count). The Morgan fingerprint density at radius 2 is 0.598 bits per heavy atom. The van der Waals surface area contributed by atoms with Gasteiger partial charge in [-0.15, -0.1) is 0 Å². The number of amides is 6. The zero-order valence-corrected chi connectivity index (χ0v) is 73.8. The van der Waals surface area contributed by atoms with Crippen molar-refractivity contribution in [2.45, 2.75) is 280 Å².